The van der Waals surface area contributed by atoms with Gasteiger partial charge in [-0.25, -0.2) is 10.4 Å². The quantitative estimate of drug-likeness (QED) is 0.539. The molecule has 0 atom stereocenters. The van der Waals surface area contributed by atoms with Crippen molar-refractivity contribution in [1.82, 2.24) is 10.4 Å². The van der Waals surface area contributed by atoms with Gasteiger partial charge in [0.25, 0.3) is 5.91 Å². The van der Waals surface area contributed by atoms with Gasteiger partial charge in [-0.3, -0.25) is 4.79 Å². The summed E-state index contributed by atoms with van der Waals surface area (Å²) in [4.78, 5) is 17.6. The van der Waals surface area contributed by atoms with Crippen molar-refractivity contribution in [1.29, 1.82) is 0 Å². The van der Waals surface area contributed by atoms with Crippen molar-refractivity contribution >= 4 is 22.5 Å². The van der Waals surface area contributed by atoms with Crippen LogP contribution >= 0.6 is 0 Å². The molecular weight excluding hydrogens is 350 g/mol. The van der Waals surface area contributed by atoms with Gasteiger partial charge in [0.15, 0.2) is 5.76 Å². The zero-order valence-corrected chi connectivity index (χ0v) is 15.1. The molecular formula is C23H17N3O2. The summed E-state index contributed by atoms with van der Waals surface area (Å²) < 4.78 is 5.46. The topological polar surface area (TPSA) is 67.5 Å². The summed E-state index contributed by atoms with van der Waals surface area (Å²) in [6, 6.07) is 21.1. The van der Waals surface area contributed by atoms with Gasteiger partial charge in [-0.2, -0.15) is 5.10 Å². The highest BCUT2D eigenvalue weighted by molar-refractivity contribution is 6.09. The molecule has 0 saturated heterocycles. The van der Waals surface area contributed by atoms with E-state index in [2.05, 4.69) is 21.6 Å². The van der Waals surface area contributed by atoms with E-state index < -0.39 is 0 Å². The molecule has 5 rings (SSSR count). The fourth-order valence-corrected chi connectivity index (χ4v) is 3.62. The van der Waals surface area contributed by atoms with Crippen molar-refractivity contribution in [3.63, 3.8) is 0 Å². The third kappa shape index (κ3) is 2.87. The number of hydrogen-bond acceptors (Lipinski definition) is 4. The zero-order chi connectivity index (χ0) is 18.9. The van der Waals surface area contributed by atoms with Crippen LogP contribution < -0.4 is 5.43 Å². The number of nitrogens with zero attached hydrogens (tertiary/aromatic N) is 2. The number of carbonyl (C=O) groups is 1. The van der Waals surface area contributed by atoms with Crippen molar-refractivity contribution in [3.05, 3.63) is 89.7 Å². The largest absolute Gasteiger partial charge is 0.463 e. The summed E-state index contributed by atoms with van der Waals surface area (Å²) in [5, 5.41) is 5.19. The molecule has 1 aliphatic rings. The molecule has 136 valence electrons. The van der Waals surface area contributed by atoms with Gasteiger partial charge in [0.2, 0.25) is 0 Å². The molecule has 0 spiro atoms. The normalized spacial score (nSPS) is 14.4. The second kappa shape index (κ2) is 6.78. The van der Waals surface area contributed by atoms with Gasteiger partial charge in [0, 0.05) is 10.9 Å². The van der Waals surface area contributed by atoms with Gasteiger partial charge < -0.3 is 4.42 Å². The van der Waals surface area contributed by atoms with Crippen molar-refractivity contribution in [2.75, 3.05) is 0 Å². The predicted octanol–water partition coefficient (Wildman–Crippen LogP) is 4.58. The molecule has 28 heavy (non-hydrogen) atoms. The van der Waals surface area contributed by atoms with Gasteiger partial charge in [0.05, 0.1) is 23.1 Å². The summed E-state index contributed by atoms with van der Waals surface area (Å²) in [7, 11) is 0. The minimum absolute atomic E-state index is 0.261. The molecule has 1 amide bonds. The molecule has 0 fully saturated rings. The Morgan fingerprint density at radius 3 is 2.75 bits per heavy atom. The van der Waals surface area contributed by atoms with Gasteiger partial charge >= 0.3 is 0 Å². The molecule has 5 nitrogen and oxygen atoms in total. The number of carbonyl (C=O) groups excluding carboxylic acids is 1. The van der Waals surface area contributed by atoms with E-state index in [1.807, 2.05) is 48.5 Å². The number of para-hydroxylation sites is 1. The Morgan fingerprint density at radius 2 is 1.86 bits per heavy atom. The Kier molecular flexibility index (Phi) is 3.98. The first kappa shape index (κ1) is 16.4. The van der Waals surface area contributed by atoms with Crippen LogP contribution in [0.2, 0.25) is 0 Å². The smallest absolute Gasteiger partial charge is 0.272 e. The van der Waals surface area contributed by atoms with E-state index in [0.29, 0.717) is 17.0 Å². The van der Waals surface area contributed by atoms with E-state index in [0.717, 1.165) is 35.0 Å². The number of fused-ring (bicyclic) bond motifs is 2. The Bertz CT molecular complexity index is 1210. The maximum absolute atomic E-state index is 13.0. The lowest BCUT2D eigenvalue weighted by Crippen LogP contribution is -2.20. The van der Waals surface area contributed by atoms with Gasteiger partial charge in [-0.15, -0.1) is 0 Å². The fourth-order valence-electron chi connectivity index (χ4n) is 3.62. The van der Waals surface area contributed by atoms with Crippen molar-refractivity contribution < 1.29 is 9.21 Å². The molecule has 1 aliphatic carbocycles. The molecule has 1 N–H and O–H groups in total. The van der Waals surface area contributed by atoms with Crippen LogP contribution in [0.15, 0.2) is 82.5 Å². The highest BCUT2D eigenvalue weighted by Gasteiger charge is 2.18. The minimum Gasteiger partial charge on any atom is -0.463 e. The fraction of sp³-hybridized carbons (Fsp3) is 0.0870. The third-order valence-corrected chi connectivity index (χ3v) is 4.99. The number of benzene rings is 2. The van der Waals surface area contributed by atoms with Crippen LogP contribution in [0.3, 0.4) is 0 Å². The average molecular weight is 367 g/mol. The number of aryl methyl sites for hydroxylation is 1. The molecule has 2 aromatic heterocycles. The van der Waals surface area contributed by atoms with Gasteiger partial charge in [-0.05, 0) is 42.7 Å². The second-order valence-corrected chi connectivity index (χ2v) is 6.71. The third-order valence-electron chi connectivity index (χ3n) is 4.99. The Morgan fingerprint density at radius 1 is 1.00 bits per heavy atom. The van der Waals surface area contributed by atoms with E-state index >= 15 is 0 Å². The van der Waals surface area contributed by atoms with Crippen LogP contribution in [0.1, 0.15) is 27.9 Å². The molecule has 0 unspecified atom stereocenters. The van der Waals surface area contributed by atoms with Crippen LogP contribution in [-0.4, -0.2) is 16.6 Å². The molecule has 0 saturated carbocycles. The second-order valence-electron chi connectivity index (χ2n) is 6.71. The van der Waals surface area contributed by atoms with Crippen LogP contribution in [0.4, 0.5) is 0 Å². The molecule has 5 heteroatoms. The molecule has 2 aromatic carbocycles. The standard InChI is InChI=1S/C23H17N3O2/c27-23(26-25-20-12-11-15-6-1-2-7-16(15)20)18-14-21(22-10-5-13-28-22)24-19-9-4-3-8-17(18)19/h1-10,13-14H,11-12H2,(H,26,27)/b25-20+. The van der Waals surface area contributed by atoms with Crippen molar-refractivity contribution in [2.24, 2.45) is 5.10 Å². The highest BCUT2D eigenvalue weighted by Crippen LogP contribution is 2.25. The maximum Gasteiger partial charge on any atom is 0.272 e. The molecule has 2 heterocycles. The number of hydrazone groups is 1. The first-order chi connectivity index (χ1) is 13.8. The summed E-state index contributed by atoms with van der Waals surface area (Å²) in [5.74, 6) is 0.360. The van der Waals surface area contributed by atoms with E-state index in [-0.39, 0.29) is 5.91 Å². The SMILES string of the molecule is O=C(N/N=C1\CCc2ccccc21)c1cc(-c2ccco2)nc2ccccc12. The predicted molar refractivity (Wildman–Crippen MR) is 108 cm³/mol. The van der Waals surface area contributed by atoms with Crippen LogP contribution in [-0.2, 0) is 6.42 Å². The Labute approximate surface area is 161 Å². The highest BCUT2D eigenvalue weighted by atomic mass is 16.3. The number of aromatic nitrogens is 1. The first-order valence-corrected chi connectivity index (χ1v) is 9.18. The average Bonchev–Trinajstić information content (AvgIpc) is 3.41. The Balaban J connectivity index is 1.52. The van der Waals surface area contributed by atoms with Gasteiger partial charge in [0.1, 0.15) is 5.69 Å². The first-order valence-electron chi connectivity index (χ1n) is 9.18. The molecule has 4 aromatic rings. The number of pyridine rings is 1. The monoisotopic (exact) mass is 367 g/mol. The van der Waals surface area contributed by atoms with E-state index in [4.69, 9.17) is 4.42 Å². The molecule has 0 bridgehead atoms. The lowest BCUT2D eigenvalue weighted by molar-refractivity contribution is 0.0956. The van der Waals surface area contributed by atoms with E-state index in [9.17, 15) is 4.79 Å². The van der Waals surface area contributed by atoms with Crippen LogP contribution in [0.5, 0.6) is 0 Å². The number of rotatable bonds is 3. The molecule has 0 radical (unpaired) electrons. The number of hydrogen-bond donors (Lipinski definition) is 1. The lowest BCUT2D eigenvalue weighted by Gasteiger charge is -2.08. The number of amides is 1. The van der Waals surface area contributed by atoms with Crippen LogP contribution in [0.25, 0.3) is 22.4 Å². The maximum atomic E-state index is 13.0. The zero-order valence-electron chi connectivity index (χ0n) is 15.1. The van der Waals surface area contributed by atoms with Crippen LogP contribution in [0, 0.1) is 0 Å². The Hall–Kier alpha value is -3.73. The number of nitrogens with one attached hydrogen (secondary N) is 1. The summed E-state index contributed by atoms with van der Waals surface area (Å²) >= 11 is 0. The summed E-state index contributed by atoms with van der Waals surface area (Å²) in [5.41, 5.74) is 7.90. The van der Waals surface area contributed by atoms with Crippen molar-refractivity contribution in [3.8, 4) is 11.5 Å². The van der Waals surface area contributed by atoms with E-state index in [1.54, 1.807) is 18.4 Å². The molecule has 0 aliphatic heterocycles. The van der Waals surface area contributed by atoms with E-state index in [1.165, 1.54) is 5.56 Å². The van der Waals surface area contributed by atoms with Gasteiger partial charge in [-0.1, -0.05) is 42.5 Å². The summed E-state index contributed by atoms with van der Waals surface area (Å²) in [6.45, 7) is 0. The minimum atomic E-state index is -0.261. The number of furan rings is 1. The van der Waals surface area contributed by atoms with Crippen molar-refractivity contribution in [2.45, 2.75) is 12.8 Å². The summed E-state index contributed by atoms with van der Waals surface area (Å²) in [6.07, 6.45) is 3.37. The lowest BCUT2D eigenvalue weighted by atomic mass is 10.1.